The van der Waals surface area contributed by atoms with Gasteiger partial charge in [0.1, 0.15) is 0 Å². The molecule has 1 saturated heterocycles. The number of carbonyl (C=O) groups is 1. The lowest BCUT2D eigenvalue weighted by molar-refractivity contribution is -0.132. The summed E-state index contributed by atoms with van der Waals surface area (Å²) in [7, 11) is 0. The molecule has 0 saturated carbocycles. The standard InChI is InChI=1S/C22H27N5OS/c1-2-18-11-5-6-13-26(18)21(28)15-29-22-25-24-20(27(22)23)14-17-10-7-9-16-8-3-4-12-19(16)17/h3-4,7-10,12,18H,2,5-6,11,13-15,23H2,1H3/t18-/m0/s1. The molecular weight excluding hydrogens is 382 g/mol. The van der Waals surface area contributed by atoms with Crippen molar-refractivity contribution in [3.05, 3.63) is 53.9 Å². The Morgan fingerprint density at radius 1 is 1.17 bits per heavy atom. The summed E-state index contributed by atoms with van der Waals surface area (Å²) in [6.07, 6.45) is 5.02. The lowest BCUT2D eigenvalue weighted by Crippen LogP contribution is -2.44. The van der Waals surface area contributed by atoms with Crippen LogP contribution in [0.1, 0.15) is 44.0 Å². The van der Waals surface area contributed by atoms with E-state index in [1.165, 1.54) is 33.6 Å². The van der Waals surface area contributed by atoms with Gasteiger partial charge in [0.15, 0.2) is 5.82 Å². The van der Waals surface area contributed by atoms with E-state index < -0.39 is 0 Å². The van der Waals surface area contributed by atoms with Crippen LogP contribution >= 0.6 is 11.8 Å². The highest BCUT2D eigenvalue weighted by Gasteiger charge is 2.25. The van der Waals surface area contributed by atoms with E-state index in [9.17, 15) is 4.79 Å². The van der Waals surface area contributed by atoms with Gasteiger partial charge in [-0.15, -0.1) is 10.2 Å². The van der Waals surface area contributed by atoms with Crippen molar-refractivity contribution in [1.82, 2.24) is 19.8 Å². The minimum Gasteiger partial charge on any atom is -0.339 e. The number of nitrogens with zero attached hydrogens (tertiary/aromatic N) is 4. The Balaban J connectivity index is 1.44. The van der Waals surface area contributed by atoms with Crippen molar-refractivity contribution in [2.75, 3.05) is 18.1 Å². The molecule has 1 aromatic heterocycles. The van der Waals surface area contributed by atoms with E-state index in [0.717, 1.165) is 31.4 Å². The molecule has 1 aliphatic rings. The number of carbonyl (C=O) groups excluding carboxylic acids is 1. The van der Waals surface area contributed by atoms with Crippen LogP contribution in [0.25, 0.3) is 10.8 Å². The van der Waals surface area contributed by atoms with Crippen LogP contribution in [0.15, 0.2) is 47.6 Å². The molecule has 3 aromatic rings. The van der Waals surface area contributed by atoms with Crippen LogP contribution in [0, 0.1) is 0 Å². The lowest BCUT2D eigenvalue weighted by atomic mass is 10.0. The van der Waals surface area contributed by atoms with Crippen molar-refractivity contribution in [2.45, 2.75) is 50.2 Å². The first kappa shape index (κ1) is 19.8. The minimum absolute atomic E-state index is 0.167. The van der Waals surface area contributed by atoms with E-state index in [1.54, 1.807) is 0 Å². The van der Waals surface area contributed by atoms with E-state index in [0.29, 0.717) is 29.2 Å². The zero-order valence-electron chi connectivity index (χ0n) is 16.8. The number of benzene rings is 2. The Bertz CT molecular complexity index is 997. The van der Waals surface area contributed by atoms with Gasteiger partial charge >= 0.3 is 0 Å². The maximum absolute atomic E-state index is 12.7. The highest BCUT2D eigenvalue weighted by atomic mass is 32.2. The van der Waals surface area contributed by atoms with E-state index in [2.05, 4.69) is 41.4 Å². The number of thioether (sulfide) groups is 1. The fraction of sp³-hybridized carbons (Fsp3) is 0.409. The van der Waals surface area contributed by atoms with Gasteiger partial charge in [0.2, 0.25) is 11.1 Å². The molecule has 1 fully saturated rings. The van der Waals surface area contributed by atoms with Crippen LogP contribution in [-0.4, -0.2) is 44.0 Å². The second-order valence-corrected chi connectivity index (χ2v) is 8.46. The summed E-state index contributed by atoms with van der Waals surface area (Å²) in [6.45, 7) is 3.01. The van der Waals surface area contributed by atoms with Crippen molar-refractivity contribution in [3.8, 4) is 0 Å². The average molecular weight is 410 g/mol. The van der Waals surface area contributed by atoms with Gasteiger partial charge in [0, 0.05) is 19.0 Å². The molecule has 0 spiro atoms. The second kappa shape index (κ2) is 8.86. The number of nitrogens with two attached hydrogens (primary N) is 1. The first-order valence-electron chi connectivity index (χ1n) is 10.3. The zero-order valence-corrected chi connectivity index (χ0v) is 17.6. The smallest absolute Gasteiger partial charge is 0.233 e. The SMILES string of the molecule is CC[C@H]1CCCCN1C(=O)CSc1nnc(Cc2cccc3ccccc23)n1N. The second-order valence-electron chi connectivity index (χ2n) is 7.52. The Hall–Kier alpha value is -2.54. The molecule has 152 valence electrons. The first-order valence-corrected chi connectivity index (χ1v) is 11.2. The summed E-state index contributed by atoms with van der Waals surface area (Å²) in [5, 5.41) is 11.5. The van der Waals surface area contributed by atoms with Gasteiger partial charge in [-0.1, -0.05) is 61.2 Å². The van der Waals surface area contributed by atoms with E-state index >= 15 is 0 Å². The van der Waals surface area contributed by atoms with Crippen molar-refractivity contribution in [1.29, 1.82) is 0 Å². The molecular formula is C22H27N5OS. The molecule has 6 nitrogen and oxygen atoms in total. The molecule has 0 radical (unpaired) electrons. The highest BCUT2D eigenvalue weighted by molar-refractivity contribution is 7.99. The highest BCUT2D eigenvalue weighted by Crippen LogP contribution is 2.24. The summed E-state index contributed by atoms with van der Waals surface area (Å²) in [6, 6.07) is 14.9. The summed E-state index contributed by atoms with van der Waals surface area (Å²) in [4.78, 5) is 14.7. The molecule has 0 aliphatic carbocycles. The van der Waals surface area contributed by atoms with Gasteiger partial charge in [-0.05, 0) is 42.0 Å². The number of hydrogen-bond donors (Lipinski definition) is 1. The third kappa shape index (κ3) is 4.24. The van der Waals surface area contributed by atoms with E-state index in [4.69, 9.17) is 5.84 Å². The topological polar surface area (TPSA) is 77.0 Å². The number of likely N-dealkylation sites (tertiary alicyclic amines) is 1. The molecule has 2 aromatic carbocycles. The van der Waals surface area contributed by atoms with Crippen LogP contribution in [0.2, 0.25) is 0 Å². The Labute approximate surface area is 175 Å². The van der Waals surface area contributed by atoms with Crippen molar-refractivity contribution >= 4 is 28.4 Å². The van der Waals surface area contributed by atoms with E-state index in [-0.39, 0.29) is 5.91 Å². The van der Waals surface area contributed by atoms with E-state index in [1.807, 2.05) is 23.1 Å². The molecule has 0 bridgehead atoms. The summed E-state index contributed by atoms with van der Waals surface area (Å²) in [5.41, 5.74) is 1.16. The van der Waals surface area contributed by atoms with Gasteiger partial charge < -0.3 is 10.7 Å². The fourth-order valence-corrected chi connectivity index (χ4v) is 4.87. The predicted molar refractivity (Wildman–Crippen MR) is 117 cm³/mol. The van der Waals surface area contributed by atoms with Crippen molar-refractivity contribution in [2.24, 2.45) is 0 Å². The van der Waals surface area contributed by atoms with Gasteiger partial charge in [0.25, 0.3) is 0 Å². The Morgan fingerprint density at radius 2 is 2.00 bits per heavy atom. The molecule has 29 heavy (non-hydrogen) atoms. The minimum atomic E-state index is 0.167. The van der Waals surface area contributed by atoms with Gasteiger partial charge in [-0.3, -0.25) is 4.79 Å². The maximum atomic E-state index is 12.7. The Morgan fingerprint density at radius 3 is 2.86 bits per heavy atom. The van der Waals surface area contributed by atoms with Crippen LogP contribution in [-0.2, 0) is 11.2 Å². The molecule has 7 heteroatoms. The normalized spacial score (nSPS) is 17.0. The molecule has 1 atom stereocenters. The molecule has 4 rings (SSSR count). The number of amides is 1. The Kier molecular flexibility index (Phi) is 6.04. The van der Waals surface area contributed by atoms with Gasteiger partial charge in [-0.25, -0.2) is 4.68 Å². The van der Waals surface area contributed by atoms with Crippen LogP contribution in [0.5, 0.6) is 0 Å². The van der Waals surface area contributed by atoms with Crippen molar-refractivity contribution < 1.29 is 4.79 Å². The lowest BCUT2D eigenvalue weighted by Gasteiger charge is -2.35. The average Bonchev–Trinajstić information content (AvgIpc) is 3.11. The molecule has 1 amide bonds. The molecule has 2 heterocycles. The number of hydrogen-bond acceptors (Lipinski definition) is 5. The fourth-order valence-electron chi connectivity index (χ4n) is 4.11. The van der Waals surface area contributed by atoms with Gasteiger partial charge in [-0.2, -0.15) is 0 Å². The maximum Gasteiger partial charge on any atom is 0.233 e. The number of aromatic nitrogens is 3. The van der Waals surface area contributed by atoms with Gasteiger partial charge in [0.05, 0.1) is 5.75 Å². The van der Waals surface area contributed by atoms with Crippen molar-refractivity contribution in [3.63, 3.8) is 0 Å². The summed E-state index contributed by atoms with van der Waals surface area (Å²) in [5.74, 6) is 7.47. The first-order chi connectivity index (χ1) is 14.2. The number of nitrogen functional groups attached to an aromatic ring is 1. The summed E-state index contributed by atoms with van der Waals surface area (Å²) >= 11 is 1.37. The molecule has 2 N–H and O–H groups in total. The third-order valence-corrected chi connectivity index (χ3v) is 6.63. The predicted octanol–water partition coefficient (Wildman–Crippen LogP) is 3.62. The number of fused-ring (bicyclic) bond motifs is 1. The largest absolute Gasteiger partial charge is 0.339 e. The molecule has 0 unspecified atom stereocenters. The number of rotatable bonds is 6. The third-order valence-electron chi connectivity index (χ3n) is 5.71. The number of piperidine rings is 1. The summed E-state index contributed by atoms with van der Waals surface area (Å²) < 4.78 is 1.52. The van der Waals surface area contributed by atoms with Crippen LogP contribution in [0.3, 0.4) is 0 Å². The van der Waals surface area contributed by atoms with Crippen LogP contribution < -0.4 is 5.84 Å². The quantitative estimate of drug-likeness (QED) is 0.497. The molecule has 1 aliphatic heterocycles. The zero-order chi connectivity index (χ0) is 20.2. The van der Waals surface area contributed by atoms with Crippen LogP contribution in [0.4, 0.5) is 0 Å². The monoisotopic (exact) mass is 409 g/mol.